The first-order valence-electron chi connectivity index (χ1n) is 7.82. The first-order chi connectivity index (χ1) is 10.1. The van der Waals surface area contributed by atoms with Gasteiger partial charge in [-0.1, -0.05) is 6.07 Å². The van der Waals surface area contributed by atoms with Gasteiger partial charge >= 0.3 is 0 Å². The summed E-state index contributed by atoms with van der Waals surface area (Å²) in [6, 6.07) is 6.02. The van der Waals surface area contributed by atoms with E-state index in [9.17, 15) is 10.1 Å². The quantitative estimate of drug-likeness (QED) is 0.475. The minimum atomic E-state index is -0.289. The van der Waals surface area contributed by atoms with E-state index >= 15 is 0 Å². The molecule has 0 saturated carbocycles. The van der Waals surface area contributed by atoms with Crippen molar-refractivity contribution >= 4 is 5.69 Å². The SMILES string of the molecule is CN1CCN(C2CCc3ccc([N+](=O)[O-])cc3CC2)CC1. The van der Waals surface area contributed by atoms with Gasteiger partial charge in [-0.2, -0.15) is 0 Å². The highest BCUT2D eigenvalue weighted by Crippen LogP contribution is 2.27. The Morgan fingerprint density at radius 3 is 2.43 bits per heavy atom. The second-order valence-electron chi connectivity index (χ2n) is 6.28. The van der Waals surface area contributed by atoms with Crippen LogP contribution in [-0.2, 0) is 12.8 Å². The molecule has 1 saturated heterocycles. The summed E-state index contributed by atoms with van der Waals surface area (Å²) in [5.41, 5.74) is 2.71. The number of rotatable bonds is 2. The molecular formula is C16H23N3O2. The van der Waals surface area contributed by atoms with Crippen molar-refractivity contribution < 1.29 is 4.92 Å². The Morgan fingerprint density at radius 1 is 1.10 bits per heavy atom. The smallest absolute Gasteiger partial charge is 0.269 e. The van der Waals surface area contributed by atoms with Gasteiger partial charge in [-0.15, -0.1) is 0 Å². The number of non-ortho nitro benzene ring substituents is 1. The van der Waals surface area contributed by atoms with Gasteiger partial charge in [0.25, 0.3) is 5.69 Å². The van der Waals surface area contributed by atoms with Gasteiger partial charge in [-0.25, -0.2) is 0 Å². The fraction of sp³-hybridized carbons (Fsp3) is 0.625. The van der Waals surface area contributed by atoms with E-state index in [4.69, 9.17) is 0 Å². The standard InChI is InChI=1S/C16H23N3O2/c1-17-8-10-18(11-9-17)15-5-2-13-3-7-16(19(20)21)12-14(13)4-6-15/h3,7,12,15H,2,4-6,8-11H2,1H3. The van der Waals surface area contributed by atoms with Crippen molar-refractivity contribution in [1.29, 1.82) is 0 Å². The van der Waals surface area contributed by atoms with Crippen molar-refractivity contribution in [3.8, 4) is 0 Å². The number of aryl methyl sites for hydroxylation is 2. The molecular weight excluding hydrogens is 266 g/mol. The molecule has 1 fully saturated rings. The van der Waals surface area contributed by atoms with E-state index in [2.05, 4.69) is 16.8 Å². The van der Waals surface area contributed by atoms with Crippen LogP contribution in [-0.4, -0.2) is 54.0 Å². The van der Waals surface area contributed by atoms with Crippen LogP contribution in [0, 0.1) is 10.1 Å². The second-order valence-corrected chi connectivity index (χ2v) is 6.28. The molecule has 1 aromatic carbocycles. The number of nitro benzene ring substituents is 1. The monoisotopic (exact) mass is 289 g/mol. The highest BCUT2D eigenvalue weighted by molar-refractivity contribution is 5.40. The van der Waals surface area contributed by atoms with Gasteiger partial charge in [-0.05, 0) is 43.9 Å². The lowest BCUT2D eigenvalue weighted by atomic mass is 10.0. The van der Waals surface area contributed by atoms with Gasteiger partial charge in [-0.3, -0.25) is 15.0 Å². The summed E-state index contributed by atoms with van der Waals surface area (Å²) < 4.78 is 0. The molecule has 1 aliphatic carbocycles. The molecule has 5 heteroatoms. The first-order valence-corrected chi connectivity index (χ1v) is 7.82. The Bertz CT molecular complexity index is 524. The Labute approximate surface area is 125 Å². The average molecular weight is 289 g/mol. The zero-order valence-electron chi connectivity index (χ0n) is 12.6. The number of piperazine rings is 1. The summed E-state index contributed by atoms with van der Waals surface area (Å²) in [6.45, 7) is 4.60. The van der Waals surface area contributed by atoms with E-state index in [0.29, 0.717) is 6.04 Å². The predicted octanol–water partition coefficient (Wildman–Crippen LogP) is 2.09. The lowest BCUT2D eigenvalue weighted by molar-refractivity contribution is -0.384. The van der Waals surface area contributed by atoms with Gasteiger partial charge in [0.05, 0.1) is 4.92 Å². The molecule has 1 aliphatic heterocycles. The molecule has 0 bridgehead atoms. The fourth-order valence-electron chi connectivity index (χ4n) is 3.54. The number of benzene rings is 1. The van der Waals surface area contributed by atoms with Crippen LogP contribution in [0.1, 0.15) is 24.0 Å². The summed E-state index contributed by atoms with van der Waals surface area (Å²) in [5.74, 6) is 0. The van der Waals surface area contributed by atoms with Crippen LogP contribution in [0.15, 0.2) is 18.2 Å². The van der Waals surface area contributed by atoms with E-state index in [1.807, 2.05) is 6.07 Å². The molecule has 21 heavy (non-hydrogen) atoms. The van der Waals surface area contributed by atoms with Gasteiger partial charge in [0.15, 0.2) is 0 Å². The number of nitrogens with zero attached hydrogens (tertiary/aromatic N) is 3. The van der Waals surface area contributed by atoms with Crippen LogP contribution in [0.2, 0.25) is 0 Å². The molecule has 114 valence electrons. The summed E-state index contributed by atoms with van der Waals surface area (Å²) in [5, 5.41) is 10.9. The molecule has 1 unspecified atom stereocenters. The van der Waals surface area contributed by atoms with E-state index in [-0.39, 0.29) is 10.6 Å². The summed E-state index contributed by atoms with van der Waals surface area (Å²) in [7, 11) is 2.18. The van der Waals surface area contributed by atoms with Crippen molar-refractivity contribution in [3.05, 3.63) is 39.4 Å². The molecule has 0 radical (unpaired) electrons. The third-order valence-electron chi connectivity index (χ3n) is 4.95. The molecule has 5 nitrogen and oxygen atoms in total. The Morgan fingerprint density at radius 2 is 1.76 bits per heavy atom. The van der Waals surface area contributed by atoms with E-state index in [1.54, 1.807) is 12.1 Å². The summed E-state index contributed by atoms with van der Waals surface area (Å²) in [6.07, 6.45) is 4.31. The molecule has 0 N–H and O–H groups in total. The number of likely N-dealkylation sites (N-methyl/N-ethyl adjacent to an activating group) is 1. The van der Waals surface area contributed by atoms with Crippen LogP contribution in [0.5, 0.6) is 0 Å². The highest BCUT2D eigenvalue weighted by atomic mass is 16.6. The molecule has 3 rings (SSSR count). The molecule has 0 aromatic heterocycles. The molecule has 0 spiro atoms. The van der Waals surface area contributed by atoms with Crippen LogP contribution in [0.3, 0.4) is 0 Å². The lowest BCUT2D eigenvalue weighted by Gasteiger charge is -2.37. The van der Waals surface area contributed by atoms with Crippen molar-refractivity contribution in [3.63, 3.8) is 0 Å². The van der Waals surface area contributed by atoms with Crippen molar-refractivity contribution in [1.82, 2.24) is 9.80 Å². The third-order valence-corrected chi connectivity index (χ3v) is 4.95. The number of nitro groups is 1. The molecule has 1 heterocycles. The normalized spacial score (nSPS) is 24.3. The zero-order valence-corrected chi connectivity index (χ0v) is 12.6. The van der Waals surface area contributed by atoms with E-state index in [0.717, 1.165) is 45.4 Å². The Balaban J connectivity index is 1.69. The Kier molecular flexibility index (Phi) is 4.22. The maximum atomic E-state index is 10.9. The average Bonchev–Trinajstić information content (AvgIpc) is 2.70. The van der Waals surface area contributed by atoms with Gasteiger partial charge in [0, 0.05) is 44.4 Å². The van der Waals surface area contributed by atoms with Gasteiger partial charge in [0.2, 0.25) is 0 Å². The molecule has 1 aromatic rings. The maximum absolute atomic E-state index is 10.9. The van der Waals surface area contributed by atoms with Crippen LogP contribution >= 0.6 is 0 Å². The van der Waals surface area contributed by atoms with Crippen LogP contribution in [0.4, 0.5) is 5.69 Å². The van der Waals surface area contributed by atoms with E-state index in [1.165, 1.54) is 17.5 Å². The largest absolute Gasteiger partial charge is 0.304 e. The highest BCUT2D eigenvalue weighted by Gasteiger charge is 2.25. The minimum absolute atomic E-state index is 0.229. The first kappa shape index (κ1) is 14.5. The zero-order chi connectivity index (χ0) is 14.8. The number of fused-ring (bicyclic) bond motifs is 1. The number of hydrogen-bond acceptors (Lipinski definition) is 4. The fourth-order valence-corrected chi connectivity index (χ4v) is 3.54. The van der Waals surface area contributed by atoms with Gasteiger partial charge in [0.1, 0.15) is 0 Å². The second kappa shape index (κ2) is 6.12. The summed E-state index contributed by atoms with van der Waals surface area (Å²) >= 11 is 0. The van der Waals surface area contributed by atoms with Gasteiger partial charge < -0.3 is 4.90 Å². The van der Waals surface area contributed by atoms with E-state index < -0.39 is 0 Å². The topological polar surface area (TPSA) is 49.6 Å². The Hall–Kier alpha value is -1.46. The van der Waals surface area contributed by atoms with Crippen LogP contribution in [0.25, 0.3) is 0 Å². The number of hydrogen-bond donors (Lipinski definition) is 0. The lowest BCUT2D eigenvalue weighted by Crippen LogP contribution is -2.49. The van der Waals surface area contributed by atoms with Crippen LogP contribution < -0.4 is 0 Å². The molecule has 0 amide bonds. The predicted molar refractivity (Wildman–Crippen MR) is 82.6 cm³/mol. The van der Waals surface area contributed by atoms with Crippen molar-refractivity contribution in [2.75, 3.05) is 33.2 Å². The molecule has 1 atom stereocenters. The minimum Gasteiger partial charge on any atom is -0.304 e. The summed E-state index contributed by atoms with van der Waals surface area (Å²) in [4.78, 5) is 15.6. The maximum Gasteiger partial charge on any atom is 0.269 e. The van der Waals surface area contributed by atoms with Crippen molar-refractivity contribution in [2.45, 2.75) is 31.7 Å². The molecule has 2 aliphatic rings. The third kappa shape index (κ3) is 3.24. The van der Waals surface area contributed by atoms with Crippen molar-refractivity contribution in [2.24, 2.45) is 0 Å².